The molecule has 1 unspecified atom stereocenters. The first-order valence-corrected chi connectivity index (χ1v) is 6.71. The number of benzene rings is 2. The van der Waals surface area contributed by atoms with Gasteiger partial charge in [0.05, 0.1) is 0 Å². The Labute approximate surface area is 122 Å². The molecule has 1 atom stereocenters. The first-order valence-electron chi connectivity index (χ1n) is 6.71. The molecule has 3 rings (SSSR count). The van der Waals surface area contributed by atoms with E-state index in [0.29, 0.717) is 5.76 Å². The molecule has 0 bridgehead atoms. The molecular weight excluding hydrogens is 266 g/mol. The lowest BCUT2D eigenvalue weighted by Gasteiger charge is -2.16. The van der Waals surface area contributed by atoms with Crippen molar-refractivity contribution in [1.82, 2.24) is 5.32 Å². The number of para-hydroxylation sites is 1. The smallest absolute Gasteiger partial charge is 0.246 e. The number of rotatable bonds is 4. The summed E-state index contributed by atoms with van der Waals surface area (Å²) in [6.45, 7) is -0.552. The molecule has 1 heterocycles. The average Bonchev–Trinajstić information content (AvgIpc) is 2.96. The molecule has 0 saturated carbocycles. The summed E-state index contributed by atoms with van der Waals surface area (Å²) in [5.41, 5.74) is 1.67. The second kappa shape index (κ2) is 5.81. The predicted octanol–water partition coefficient (Wildman–Crippen LogP) is 2.63. The van der Waals surface area contributed by atoms with Crippen LogP contribution in [-0.2, 0) is 4.79 Å². The maximum Gasteiger partial charge on any atom is 0.246 e. The van der Waals surface area contributed by atoms with Crippen LogP contribution in [-0.4, -0.2) is 17.6 Å². The van der Waals surface area contributed by atoms with Gasteiger partial charge in [-0.2, -0.15) is 0 Å². The van der Waals surface area contributed by atoms with Crippen LogP contribution in [0.15, 0.2) is 65.1 Å². The summed E-state index contributed by atoms with van der Waals surface area (Å²) in [6.07, 6.45) is 0. The van der Waals surface area contributed by atoms with Crippen LogP contribution in [0.4, 0.5) is 0 Å². The molecule has 4 nitrogen and oxygen atoms in total. The van der Waals surface area contributed by atoms with Crippen LogP contribution in [0.2, 0.25) is 0 Å². The zero-order chi connectivity index (χ0) is 14.7. The number of fused-ring (bicyclic) bond motifs is 1. The highest BCUT2D eigenvalue weighted by Crippen LogP contribution is 2.28. The van der Waals surface area contributed by atoms with Gasteiger partial charge >= 0.3 is 0 Å². The second-order valence-electron chi connectivity index (χ2n) is 4.76. The number of aliphatic hydroxyl groups is 1. The highest BCUT2D eigenvalue weighted by atomic mass is 16.3. The first kappa shape index (κ1) is 13.4. The molecule has 0 aliphatic carbocycles. The molecule has 1 aromatic heterocycles. The van der Waals surface area contributed by atoms with Crippen LogP contribution in [0.5, 0.6) is 0 Å². The average molecular weight is 281 g/mol. The number of carbonyl (C=O) groups excluding carboxylic acids is 1. The van der Waals surface area contributed by atoms with E-state index in [4.69, 9.17) is 9.52 Å². The van der Waals surface area contributed by atoms with E-state index in [2.05, 4.69) is 5.32 Å². The van der Waals surface area contributed by atoms with Gasteiger partial charge in [-0.25, -0.2) is 0 Å². The minimum atomic E-state index is -0.552. The number of hydrogen-bond acceptors (Lipinski definition) is 3. The summed E-state index contributed by atoms with van der Waals surface area (Å²) in [5, 5.41) is 12.7. The van der Waals surface area contributed by atoms with E-state index < -0.39 is 18.6 Å². The SMILES string of the molecule is O=C(CO)NC(c1ccccc1)c1cc2ccccc2o1. The van der Waals surface area contributed by atoms with E-state index in [9.17, 15) is 4.79 Å². The van der Waals surface area contributed by atoms with E-state index in [1.807, 2.05) is 60.7 Å². The van der Waals surface area contributed by atoms with Crippen LogP contribution < -0.4 is 5.32 Å². The third-order valence-corrected chi connectivity index (χ3v) is 3.31. The van der Waals surface area contributed by atoms with Crippen LogP contribution in [0.1, 0.15) is 17.4 Å². The van der Waals surface area contributed by atoms with Crippen molar-refractivity contribution in [3.63, 3.8) is 0 Å². The van der Waals surface area contributed by atoms with E-state index >= 15 is 0 Å². The predicted molar refractivity (Wildman–Crippen MR) is 79.7 cm³/mol. The molecule has 1 amide bonds. The van der Waals surface area contributed by atoms with E-state index in [1.165, 1.54) is 0 Å². The van der Waals surface area contributed by atoms with Crippen molar-refractivity contribution in [2.45, 2.75) is 6.04 Å². The maximum atomic E-state index is 11.6. The van der Waals surface area contributed by atoms with Gasteiger partial charge in [0.2, 0.25) is 5.91 Å². The van der Waals surface area contributed by atoms with Gasteiger partial charge in [0.1, 0.15) is 24.0 Å². The number of hydrogen-bond donors (Lipinski definition) is 2. The van der Waals surface area contributed by atoms with Gasteiger partial charge in [0.15, 0.2) is 0 Å². The van der Waals surface area contributed by atoms with Gasteiger partial charge in [-0.3, -0.25) is 4.79 Å². The number of carbonyl (C=O) groups is 1. The Balaban J connectivity index is 2.03. The first-order chi connectivity index (χ1) is 10.3. The number of nitrogens with one attached hydrogen (secondary N) is 1. The fraction of sp³-hybridized carbons (Fsp3) is 0.118. The molecule has 106 valence electrons. The molecule has 2 N–H and O–H groups in total. The van der Waals surface area contributed by atoms with Gasteiger partial charge in [-0.1, -0.05) is 48.5 Å². The van der Waals surface area contributed by atoms with E-state index in [-0.39, 0.29) is 0 Å². The summed E-state index contributed by atoms with van der Waals surface area (Å²) in [5.74, 6) is 0.202. The minimum absolute atomic E-state index is 0.418. The van der Waals surface area contributed by atoms with Gasteiger partial charge in [-0.05, 0) is 17.7 Å². The topological polar surface area (TPSA) is 62.5 Å². The normalized spacial score (nSPS) is 12.2. The third-order valence-electron chi connectivity index (χ3n) is 3.31. The molecule has 0 spiro atoms. The number of amides is 1. The Kier molecular flexibility index (Phi) is 3.71. The summed E-state index contributed by atoms with van der Waals surface area (Å²) < 4.78 is 5.83. The maximum absolute atomic E-state index is 11.6. The fourth-order valence-electron chi connectivity index (χ4n) is 2.32. The summed E-state index contributed by atoms with van der Waals surface area (Å²) >= 11 is 0. The fourth-order valence-corrected chi connectivity index (χ4v) is 2.32. The van der Waals surface area contributed by atoms with Crippen LogP contribution in [0, 0.1) is 0 Å². The molecule has 0 aliphatic heterocycles. The molecule has 0 saturated heterocycles. The number of furan rings is 1. The monoisotopic (exact) mass is 281 g/mol. The van der Waals surface area contributed by atoms with Gasteiger partial charge in [0.25, 0.3) is 0 Å². The summed E-state index contributed by atoms with van der Waals surface area (Å²) in [6, 6.07) is 18.7. The third kappa shape index (κ3) is 2.80. The highest BCUT2D eigenvalue weighted by Gasteiger charge is 2.20. The summed E-state index contributed by atoms with van der Waals surface area (Å²) in [7, 11) is 0. The molecule has 3 aromatic rings. The van der Waals surface area contributed by atoms with Crippen LogP contribution in [0.25, 0.3) is 11.0 Å². The molecule has 0 fully saturated rings. The zero-order valence-corrected chi connectivity index (χ0v) is 11.3. The Morgan fingerprint density at radius 3 is 2.52 bits per heavy atom. The number of aliphatic hydroxyl groups excluding tert-OH is 1. The lowest BCUT2D eigenvalue weighted by atomic mass is 10.0. The summed E-state index contributed by atoms with van der Waals surface area (Å²) in [4.78, 5) is 11.6. The van der Waals surface area contributed by atoms with Crippen molar-refractivity contribution >= 4 is 16.9 Å². The van der Waals surface area contributed by atoms with E-state index in [0.717, 1.165) is 16.5 Å². The largest absolute Gasteiger partial charge is 0.459 e. The zero-order valence-electron chi connectivity index (χ0n) is 11.3. The van der Waals surface area contributed by atoms with Crippen molar-refractivity contribution in [3.05, 3.63) is 72.0 Å². The molecular formula is C17H15NO3. The van der Waals surface area contributed by atoms with Crippen molar-refractivity contribution in [2.24, 2.45) is 0 Å². The second-order valence-corrected chi connectivity index (χ2v) is 4.76. The van der Waals surface area contributed by atoms with Gasteiger partial charge in [-0.15, -0.1) is 0 Å². The van der Waals surface area contributed by atoms with Crippen LogP contribution >= 0.6 is 0 Å². The minimum Gasteiger partial charge on any atom is -0.459 e. The molecule has 0 radical (unpaired) electrons. The Morgan fingerprint density at radius 2 is 1.81 bits per heavy atom. The van der Waals surface area contributed by atoms with Crippen LogP contribution in [0.3, 0.4) is 0 Å². The molecule has 0 aliphatic rings. The Morgan fingerprint density at radius 1 is 1.10 bits per heavy atom. The molecule has 21 heavy (non-hydrogen) atoms. The van der Waals surface area contributed by atoms with E-state index in [1.54, 1.807) is 0 Å². The lowest BCUT2D eigenvalue weighted by molar-refractivity contribution is -0.124. The van der Waals surface area contributed by atoms with Gasteiger partial charge in [0, 0.05) is 5.39 Å². The van der Waals surface area contributed by atoms with Gasteiger partial charge < -0.3 is 14.8 Å². The van der Waals surface area contributed by atoms with Crippen molar-refractivity contribution in [2.75, 3.05) is 6.61 Å². The van der Waals surface area contributed by atoms with Crippen molar-refractivity contribution in [1.29, 1.82) is 0 Å². The Bertz CT molecular complexity index is 716. The lowest BCUT2D eigenvalue weighted by Crippen LogP contribution is -2.31. The van der Waals surface area contributed by atoms with Crippen molar-refractivity contribution < 1.29 is 14.3 Å². The quantitative estimate of drug-likeness (QED) is 0.772. The molecule has 2 aromatic carbocycles. The standard InChI is InChI=1S/C17H15NO3/c19-11-16(20)18-17(12-6-2-1-3-7-12)15-10-13-8-4-5-9-14(13)21-15/h1-10,17,19H,11H2,(H,18,20). The Hall–Kier alpha value is -2.59. The van der Waals surface area contributed by atoms with Crippen molar-refractivity contribution in [3.8, 4) is 0 Å². The molecule has 4 heteroatoms. The highest BCUT2D eigenvalue weighted by molar-refractivity contribution is 5.80.